The molecule has 1 aromatic carbocycles. The van der Waals surface area contributed by atoms with Crippen LogP contribution in [0.3, 0.4) is 0 Å². The molecule has 1 atom stereocenters. The molecule has 0 aliphatic carbocycles. The largest absolute Gasteiger partial charge is 0.335 e. The molecule has 1 fully saturated rings. The van der Waals surface area contributed by atoms with E-state index in [-0.39, 0.29) is 30.9 Å². The van der Waals surface area contributed by atoms with E-state index in [1.54, 1.807) is 11.9 Å². The normalized spacial score (nSPS) is 17.6. The minimum Gasteiger partial charge on any atom is -0.335 e. The van der Waals surface area contributed by atoms with Gasteiger partial charge in [0.15, 0.2) is 0 Å². The van der Waals surface area contributed by atoms with Gasteiger partial charge in [-0.2, -0.15) is 0 Å². The number of hydrogen-bond acceptors (Lipinski definition) is 3. The number of aryl methyl sites for hydroxylation is 2. The maximum absolute atomic E-state index is 11.9. The van der Waals surface area contributed by atoms with Crippen LogP contribution in [0.4, 0.5) is 0 Å². The van der Waals surface area contributed by atoms with Crippen molar-refractivity contribution in [3.8, 4) is 0 Å². The number of carbonyl (C=O) groups is 2. The molecule has 0 bridgehead atoms. The smallest absolute Gasteiger partial charge is 0.242 e. The minimum absolute atomic E-state index is 0.0445. The number of likely N-dealkylation sites (N-methyl/N-ethyl adjacent to an activating group) is 1. The maximum atomic E-state index is 11.9. The summed E-state index contributed by atoms with van der Waals surface area (Å²) in [5.74, 6) is -0.0942. The second-order valence-corrected chi connectivity index (χ2v) is 5.47. The van der Waals surface area contributed by atoms with Crippen LogP contribution in [0.5, 0.6) is 0 Å². The summed E-state index contributed by atoms with van der Waals surface area (Å²) in [6.45, 7) is 4.72. The molecule has 2 amide bonds. The fourth-order valence-electron chi connectivity index (χ4n) is 2.27. The van der Waals surface area contributed by atoms with Crippen LogP contribution in [0.15, 0.2) is 18.2 Å². The lowest BCUT2D eigenvalue weighted by Crippen LogP contribution is -2.53. The monoisotopic (exact) mass is 275 g/mol. The number of hydrogen-bond donors (Lipinski definition) is 1. The van der Waals surface area contributed by atoms with Crippen molar-refractivity contribution in [3.05, 3.63) is 34.9 Å². The summed E-state index contributed by atoms with van der Waals surface area (Å²) in [6, 6.07) is 5.79. The van der Waals surface area contributed by atoms with E-state index >= 15 is 0 Å². The summed E-state index contributed by atoms with van der Waals surface area (Å²) < 4.78 is 0. The number of nitrogens with zero attached hydrogens (tertiary/aromatic N) is 2. The third-order valence-electron chi connectivity index (χ3n) is 3.85. The second-order valence-electron chi connectivity index (χ2n) is 5.47. The number of benzene rings is 1. The summed E-state index contributed by atoms with van der Waals surface area (Å²) in [5.41, 5.74) is 9.56. The van der Waals surface area contributed by atoms with E-state index in [1.807, 2.05) is 32.0 Å². The van der Waals surface area contributed by atoms with E-state index in [4.69, 9.17) is 5.73 Å². The molecule has 0 spiro atoms. The third-order valence-corrected chi connectivity index (χ3v) is 3.85. The van der Waals surface area contributed by atoms with Gasteiger partial charge in [-0.25, -0.2) is 0 Å². The maximum Gasteiger partial charge on any atom is 0.242 e. The van der Waals surface area contributed by atoms with Gasteiger partial charge in [-0.3, -0.25) is 9.59 Å². The zero-order chi connectivity index (χ0) is 14.9. The summed E-state index contributed by atoms with van der Waals surface area (Å²) in [7, 11) is 1.64. The first-order valence-electron chi connectivity index (χ1n) is 6.73. The van der Waals surface area contributed by atoms with E-state index in [0.717, 1.165) is 5.56 Å². The number of rotatable bonds is 3. The minimum atomic E-state index is -0.269. The summed E-state index contributed by atoms with van der Waals surface area (Å²) in [4.78, 5) is 26.6. The molecule has 1 aliphatic rings. The predicted octanol–water partition coefficient (Wildman–Crippen LogP) is 0.604. The van der Waals surface area contributed by atoms with Crippen LogP contribution in [-0.4, -0.2) is 48.3 Å². The Kier molecular flexibility index (Phi) is 4.09. The van der Waals surface area contributed by atoms with Crippen LogP contribution in [-0.2, 0) is 9.59 Å². The lowest BCUT2D eigenvalue weighted by atomic mass is 10.0. The van der Waals surface area contributed by atoms with Gasteiger partial charge in [0.1, 0.15) is 0 Å². The number of piperazine rings is 1. The molecular formula is C15H21N3O2. The van der Waals surface area contributed by atoms with Crippen molar-refractivity contribution in [3.63, 3.8) is 0 Å². The Hall–Kier alpha value is -1.88. The molecule has 1 aromatic rings. The van der Waals surface area contributed by atoms with Gasteiger partial charge in [0, 0.05) is 19.6 Å². The van der Waals surface area contributed by atoms with Gasteiger partial charge in [-0.1, -0.05) is 18.2 Å². The Morgan fingerprint density at radius 1 is 1.15 bits per heavy atom. The van der Waals surface area contributed by atoms with Gasteiger partial charge < -0.3 is 15.5 Å². The molecule has 5 nitrogen and oxygen atoms in total. The van der Waals surface area contributed by atoms with Gasteiger partial charge >= 0.3 is 0 Å². The van der Waals surface area contributed by atoms with E-state index in [0.29, 0.717) is 6.54 Å². The molecule has 1 heterocycles. The average Bonchev–Trinajstić information content (AvgIpc) is 2.39. The zero-order valence-electron chi connectivity index (χ0n) is 12.2. The second kappa shape index (κ2) is 5.63. The van der Waals surface area contributed by atoms with Crippen molar-refractivity contribution in [2.24, 2.45) is 5.73 Å². The van der Waals surface area contributed by atoms with Crippen LogP contribution in [0.2, 0.25) is 0 Å². The molecule has 1 unspecified atom stereocenters. The highest BCUT2D eigenvalue weighted by Crippen LogP contribution is 2.17. The molecule has 0 aromatic heterocycles. The molecule has 2 rings (SSSR count). The van der Waals surface area contributed by atoms with E-state index < -0.39 is 0 Å². The van der Waals surface area contributed by atoms with E-state index in [9.17, 15) is 9.59 Å². The number of carbonyl (C=O) groups excluding carboxylic acids is 2. The van der Waals surface area contributed by atoms with Crippen molar-refractivity contribution < 1.29 is 9.59 Å². The summed E-state index contributed by atoms with van der Waals surface area (Å²) in [6.07, 6.45) is 0. The van der Waals surface area contributed by atoms with Crippen molar-refractivity contribution in [2.45, 2.75) is 19.9 Å². The standard InChI is InChI=1S/C15H21N3O2/c1-10-4-5-12(6-11(10)2)13(16)7-18-9-14(19)17(3)8-15(18)20/h4-6,13H,7-9,16H2,1-3H3. The summed E-state index contributed by atoms with van der Waals surface area (Å²) >= 11 is 0. The molecular weight excluding hydrogens is 254 g/mol. The molecule has 0 saturated carbocycles. The van der Waals surface area contributed by atoms with Crippen molar-refractivity contribution in [1.82, 2.24) is 9.80 Å². The first-order valence-corrected chi connectivity index (χ1v) is 6.73. The topological polar surface area (TPSA) is 66.6 Å². The molecule has 108 valence electrons. The Bertz CT molecular complexity index is 542. The van der Waals surface area contributed by atoms with Gasteiger partial charge in [0.25, 0.3) is 0 Å². The molecule has 1 aliphatic heterocycles. The van der Waals surface area contributed by atoms with Crippen molar-refractivity contribution >= 4 is 11.8 Å². The molecule has 2 N–H and O–H groups in total. The number of amides is 2. The predicted molar refractivity (Wildman–Crippen MR) is 77.1 cm³/mol. The van der Waals surface area contributed by atoms with Gasteiger partial charge in [0.05, 0.1) is 13.1 Å². The SMILES string of the molecule is Cc1ccc(C(N)CN2CC(=O)N(C)CC2=O)cc1C. The van der Waals surface area contributed by atoms with Crippen LogP contribution in [0, 0.1) is 13.8 Å². The fraction of sp³-hybridized carbons (Fsp3) is 0.467. The van der Waals surface area contributed by atoms with Crippen molar-refractivity contribution in [2.75, 3.05) is 26.7 Å². The van der Waals surface area contributed by atoms with E-state index in [1.165, 1.54) is 16.0 Å². The van der Waals surface area contributed by atoms with Gasteiger partial charge in [-0.05, 0) is 30.5 Å². The highest BCUT2D eigenvalue weighted by molar-refractivity contribution is 5.92. The fourth-order valence-corrected chi connectivity index (χ4v) is 2.27. The first-order chi connectivity index (χ1) is 9.38. The Morgan fingerprint density at radius 2 is 1.85 bits per heavy atom. The lowest BCUT2D eigenvalue weighted by molar-refractivity contribution is -0.148. The van der Waals surface area contributed by atoms with Gasteiger partial charge in [0.2, 0.25) is 11.8 Å². The Labute approximate surface area is 119 Å². The Balaban J connectivity index is 2.07. The molecule has 0 radical (unpaired) electrons. The zero-order valence-corrected chi connectivity index (χ0v) is 12.2. The third kappa shape index (κ3) is 2.99. The lowest BCUT2D eigenvalue weighted by Gasteiger charge is -2.33. The Morgan fingerprint density at radius 3 is 2.50 bits per heavy atom. The van der Waals surface area contributed by atoms with Gasteiger partial charge in [-0.15, -0.1) is 0 Å². The molecule has 20 heavy (non-hydrogen) atoms. The van der Waals surface area contributed by atoms with E-state index in [2.05, 4.69) is 0 Å². The highest BCUT2D eigenvalue weighted by Gasteiger charge is 2.28. The quantitative estimate of drug-likeness (QED) is 0.878. The van der Waals surface area contributed by atoms with Crippen LogP contribution in [0.25, 0.3) is 0 Å². The first kappa shape index (κ1) is 14.5. The van der Waals surface area contributed by atoms with Crippen molar-refractivity contribution in [1.29, 1.82) is 0 Å². The average molecular weight is 275 g/mol. The molecule has 1 saturated heterocycles. The highest BCUT2D eigenvalue weighted by atomic mass is 16.2. The number of nitrogens with two attached hydrogens (primary N) is 1. The van der Waals surface area contributed by atoms with Crippen LogP contribution in [0.1, 0.15) is 22.7 Å². The van der Waals surface area contributed by atoms with Crippen LogP contribution < -0.4 is 5.73 Å². The van der Waals surface area contributed by atoms with Crippen LogP contribution >= 0.6 is 0 Å². The summed E-state index contributed by atoms with van der Waals surface area (Å²) in [5, 5.41) is 0. The molecule has 5 heteroatoms.